The number of para-hydroxylation sites is 2. The van der Waals surface area contributed by atoms with E-state index >= 15 is 0 Å². The fraction of sp³-hybridized carbons (Fsp3) is 0.304. The number of amides is 2. The van der Waals surface area contributed by atoms with Crippen LogP contribution in [-0.4, -0.2) is 72.5 Å². The van der Waals surface area contributed by atoms with Gasteiger partial charge in [-0.1, -0.05) is 36.4 Å². The third kappa shape index (κ3) is 2.03. The average Bonchev–Trinajstić information content (AvgIpc) is 3.43. The Hall–Kier alpha value is -2.31. The van der Waals surface area contributed by atoms with Crippen LogP contribution < -0.4 is 5.32 Å². The molecule has 1 spiro atoms. The number of nitrogens with zero attached hydrogens (tertiary/aromatic N) is 2. The molecule has 1 aromatic heterocycles. The number of aromatic nitrogens is 1. The molecule has 6 heterocycles. The monoisotopic (exact) mass is 512 g/mol. The summed E-state index contributed by atoms with van der Waals surface area (Å²) in [6.07, 6.45) is -0.0956. The maximum Gasteiger partial charge on any atom is 0.265 e. The fourth-order valence-corrected chi connectivity index (χ4v) is 12.1. The second-order valence-corrected chi connectivity index (χ2v) is 13.4. The third-order valence-corrected chi connectivity index (χ3v) is 12.9. The smallest absolute Gasteiger partial charge is 0.265 e. The largest absolute Gasteiger partial charge is 0.392 e. The highest BCUT2D eigenvalue weighted by atomic mass is 33.5. The lowest BCUT2D eigenvalue weighted by Gasteiger charge is -2.50. The highest BCUT2D eigenvalue weighted by Gasteiger charge is 2.81. The highest BCUT2D eigenvalue weighted by molar-refractivity contribution is 9.10. The van der Waals surface area contributed by atoms with E-state index in [0.717, 1.165) is 38.5 Å². The van der Waals surface area contributed by atoms with Gasteiger partial charge in [0.25, 0.3) is 11.8 Å². The minimum atomic E-state index is -1.55. The maximum absolute atomic E-state index is 14.2. The molecule has 5 aliphatic rings. The van der Waals surface area contributed by atoms with Crippen LogP contribution >= 0.6 is 31.4 Å². The van der Waals surface area contributed by atoms with Crippen molar-refractivity contribution in [2.24, 2.45) is 0 Å². The lowest BCUT2D eigenvalue weighted by Crippen LogP contribution is -2.75. The van der Waals surface area contributed by atoms with E-state index in [1.165, 1.54) is 37.5 Å². The first-order chi connectivity index (χ1) is 16.4. The second kappa shape index (κ2) is 6.67. The molecule has 8 nitrogen and oxygen atoms in total. The van der Waals surface area contributed by atoms with E-state index in [-0.39, 0.29) is 11.8 Å². The van der Waals surface area contributed by atoms with Gasteiger partial charge in [0, 0.05) is 29.8 Å². The summed E-state index contributed by atoms with van der Waals surface area (Å²) >= 11 is 0. The van der Waals surface area contributed by atoms with E-state index < -0.39 is 34.0 Å². The minimum Gasteiger partial charge on any atom is -0.392 e. The number of carbonyl (C=O) groups is 2. The van der Waals surface area contributed by atoms with Gasteiger partial charge in [-0.05, 0) is 54.7 Å². The van der Waals surface area contributed by atoms with Gasteiger partial charge in [-0.25, -0.2) is 0 Å². The van der Waals surface area contributed by atoms with Crippen LogP contribution in [0.1, 0.15) is 11.1 Å². The predicted molar refractivity (Wildman–Crippen MR) is 134 cm³/mol. The molecular formula is C23H20N4O4S3. The summed E-state index contributed by atoms with van der Waals surface area (Å²) in [7, 11) is 5.17. The van der Waals surface area contributed by atoms with Gasteiger partial charge < -0.3 is 25.4 Å². The van der Waals surface area contributed by atoms with Gasteiger partial charge in [0.2, 0.25) is 9.74 Å². The van der Waals surface area contributed by atoms with E-state index in [4.69, 9.17) is 0 Å². The molecule has 174 valence electrons. The summed E-state index contributed by atoms with van der Waals surface area (Å²) in [5.41, 5.74) is 2.27. The van der Waals surface area contributed by atoms with Crippen LogP contribution in [0.4, 0.5) is 5.69 Å². The van der Waals surface area contributed by atoms with E-state index in [1.54, 1.807) is 0 Å². The van der Waals surface area contributed by atoms with Crippen LogP contribution in [0.2, 0.25) is 0 Å². The molecule has 2 amide bonds. The van der Waals surface area contributed by atoms with E-state index in [2.05, 4.69) is 10.3 Å². The second-order valence-electron chi connectivity index (χ2n) is 9.02. The lowest BCUT2D eigenvalue weighted by atomic mass is 9.70. The van der Waals surface area contributed by atoms with E-state index in [1.807, 2.05) is 54.7 Å². The number of aliphatic hydroxyl groups is 2. The number of fused-ring (bicyclic) bond motifs is 7. The van der Waals surface area contributed by atoms with Crippen molar-refractivity contribution in [3.8, 4) is 0 Å². The summed E-state index contributed by atoms with van der Waals surface area (Å²) in [6.45, 7) is -0.519. The van der Waals surface area contributed by atoms with Crippen molar-refractivity contribution in [1.29, 1.82) is 0 Å². The molecule has 3 aromatic rings. The Kier molecular flexibility index (Phi) is 4.12. The first kappa shape index (κ1) is 21.0. The number of carbonyl (C=O) groups excluding carboxylic acids is 2. The SMILES string of the molecule is CN1C(=O)[C@]23SSS[C@]1(CO)C(=O)N2[C@@H]1Nc2ccccc2[C@]1(c1c[nH]c2ccccc12)[C@H]3O. The standard InChI is InChI=1S/C23H20N4O4S3/c1-26-20(31)23-17(29)22(14-10-24-15-8-4-2-6-12(14)15)13-7-3-5-9-16(13)25-18(22)27(23)19(30)21(26,11-28)32-34-33-23/h2-10,17-18,24-25,28-29H,11H2,1H3/t17-,18+,21-,22+,23+/m1/s1. The van der Waals surface area contributed by atoms with Crippen molar-refractivity contribution < 1.29 is 19.8 Å². The Morgan fingerprint density at radius 1 is 1.03 bits per heavy atom. The molecule has 11 heteroatoms. The van der Waals surface area contributed by atoms with Crippen LogP contribution in [0.3, 0.4) is 0 Å². The molecule has 0 radical (unpaired) electrons. The molecule has 0 aliphatic carbocycles. The molecule has 5 aliphatic heterocycles. The third-order valence-electron chi connectivity index (χ3n) is 7.80. The number of benzene rings is 2. The van der Waals surface area contributed by atoms with Gasteiger partial charge in [0.1, 0.15) is 12.3 Å². The quantitative estimate of drug-likeness (QED) is 0.388. The van der Waals surface area contributed by atoms with Gasteiger partial charge in [-0.15, -0.1) is 0 Å². The zero-order valence-electron chi connectivity index (χ0n) is 17.9. The van der Waals surface area contributed by atoms with Crippen molar-refractivity contribution in [1.82, 2.24) is 14.8 Å². The number of H-pyrrole nitrogens is 1. The molecule has 5 atom stereocenters. The number of hydrogen-bond acceptors (Lipinski definition) is 8. The molecule has 34 heavy (non-hydrogen) atoms. The molecule has 0 saturated carbocycles. The minimum absolute atomic E-state index is 0.384. The topological polar surface area (TPSA) is 109 Å². The number of rotatable bonds is 2. The first-order valence-electron chi connectivity index (χ1n) is 10.8. The summed E-state index contributed by atoms with van der Waals surface area (Å²) in [5, 5.41) is 27.2. The van der Waals surface area contributed by atoms with Gasteiger partial charge in [-0.3, -0.25) is 14.5 Å². The number of likely N-dealkylation sites (N-methyl/N-ethyl adjacent to an activating group) is 1. The van der Waals surface area contributed by atoms with Crippen molar-refractivity contribution in [3.05, 3.63) is 65.9 Å². The first-order valence-corrected chi connectivity index (χ1v) is 14.3. The number of aromatic amines is 1. The summed E-state index contributed by atoms with van der Waals surface area (Å²) in [4.78, 5) is 31.3. The Morgan fingerprint density at radius 3 is 2.62 bits per heavy atom. The zero-order valence-corrected chi connectivity index (χ0v) is 20.3. The molecule has 4 N–H and O–H groups in total. The molecule has 0 unspecified atom stereocenters. The van der Waals surface area contributed by atoms with Crippen molar-refractivity contribution in [2.75, 3.05) is 19.0 Å². The molecule has 4 fully saturated rings. The van der Waals surface area contributed by atoms with Gasteiger partial charge in [-0.2, -0.15) is 0 Å². The summed E-state index contributed by atoms with van der Waals surface area (Å²) in [5.74, 6) is -0.769. The maximum atomic E-state index is 14.2. The molecule has 8 rings (SSSR count). The Balaban J connectivity index is 1.58. The number of nitrogens with one attached hydrogen (secondary N) is 2. The number of aliphatic hydroxyl groups excluding tert-OH is 2. The number of anilines is 1. The number of piperazine rings is 1. The van der Waals surface area contributed by atoms with Crippen LogP contribution in [0.25, 0.3) is 10.9 Å². The summed E-state index contributed by atoms with van der Waals surface area (Å²) < 4.78 is 0. The predicted octanol–water partition coefficient (Wildman–Crippen LogP) is 2.31. The molecule has 2 bridgehead atoms. The fourth-order valence-electron chi connectivity index (χ4n) is 6.19. The van der Waals surface area contributed by atoms with E-state index in [9.17, 15) is 19.8 Å². The molecule has 2 aromatic carbocycles. The molecule has 4 saturated heterocycles. The van der Waals surface area contributed by atoms with Crippen molar-refractivity contribution >= 4 is 59.8 Å². The average molecular weight is 513 g/mol. The highest BCUT2D eigenvalue weighted by Crippen LogP contribution is 2.69. The van der Waals surface area contributed by atoms with Crippen LogP contribution in [0.5, 0.6) is 0 Å². The zero-order chi connectivity index (χ0) is 23.5. The van der Waals surface area contributed by atoms with Crippen LogP contribution in [0, 0.1) is 0 Å². The van der Waals surface area contributed by atoms with Gasteiger partial charge in [0.15, 0.2) is 0 Å². The van der Waals surface area contributed by atoms with Crippen LogP contribution in [-0.2, 0) is 15.0 Å². The normalized spacial score (nSPS) is 35.9. The van der Waals surface area contributed by atoms with Crippen molar-refractivity contribution in [2.45, 2.75) is 27.4 Å². The Morgan fingerprint density at radius 2 is 1.79 bits per heavy atom. The van der Waals surface area contributed by atoms with E-state index in [0.29, 0.717) is 0 Å². The van der Waals surface area contributed by atoms with Gasteiger partial charge in [0.05, 0.1) is 12.0 Å². The lowest BCUT2D eigenvalue weighted by molar-refractivity contribution is -0.168. The molecular weight excluding hydrogens is 492 g/mol. The number of hydrogen-bond donors (Lipinski definition) is 4. The van der Waals surface area contributed by atoms with Crippen molar-refractivity contribution in [3.63, 3.8) is 0 Å². The van der Waals surface area contributed by atoms with Gasteiger partial charge >= 0.3 is 0 Å². The van der Waals surface area contributed by atoms with Crippen LogP contribution in [0.15, 0.2) is 54.7 Å². The Bertz CT molecular complexity index is 1400. The summed E-state index contributed by atoms with van der Waals surface area (Å²) in [6, 6.07) is 15.5. The Labute approximate surface area is 206 Å².